The SMILES string of the molecule is CCCNCc1ccc(OC2CCCCC2O)c(F)c1. The third kappa shape index (κ3) is 4.18. The number of hydrogen-bond acceptors (Lipinski definition) is 3. The largest absolute Gasteiger partial charge is 0.485 e. The summed E-state index contributed by atoms with van der Waals surface area (Å²) in [5.41, 5.74) is 0.910. The summed E-state index contributed by atoms with van der Waals surface area (Å²) >= 11 is 0. The number of aliphatic hydroxyl groups excluding tert-OH is 1. The standard InChI is InChI=1S/C16H24FNO2/c1-2-9-18-11-12-7-8-15(13(17)10-12)20-16-6-4-3-5-14(16)19/h7-8,10,14,16,18-19H,2-6,9,11H2,1H3. The maximum Gasteiger partial charge on any atom is 0.165 e. The van der Waals surface area contributed by atoms with Gasteiger partial charge in [0, 0.05) is 6.54 Å². The van der Waals surface area contributed by atoms with Gasteiger partial charge in [-0.1, -0.05) is 19.4 Å². The van der Waals surface area contributed by atoms with Gasteiger partial charge in [0.25, 0.3) is 0 Å². The maximum atomic E-state index is 14.0. The Morgan fingerprint density at radius 2 is 2.15 bits per heavy atom. The predicted octanol–water partition coefficient (Wildman–Crippen LogP) is 3.01. The second-order valence-corrected chi connectivity index (χ2v) is 5.45. The lowest BCUT2D eigenvalue weighted by Gasteiger charge is -2.28. The van der Waals surface area contributed by atoms with Crippen LogP contribution >= 0.6 is 0 Å². The molecule has 3 nitrogen and oxygen atoms in total. The molecule has 2 atom stereocenters. The fourth-order valence-corrected chi connectivity index (χ4v) is 2.54. The monoisotopic (exact) mass is 281 g/mol. The molecule has 0 bridgehead atoms. The average Bonchev–Trinajstić information content (AvgIpc) is 2.44. The van der Waals surface area contributed by atoms with Crippen LogP contribution in [-0.2, 0) is 6.54 Å². The Balaban J connectivity index is 1.94. The van der Waals surface area contributed by atoms with Gasteiger partial charge >= 0.3 is 0 Å². The normalized spacial score (nSPS) is 22.8. The van der Waals surface area contributed by atoms with Crippen molar-refractivity contribution in [2.24, 2.45) is 0 Å². The summed E-state index contributed by atoms with van der Waals surface area (Å²) in [5.74, 6) is -0.103. The van der Waals surface area contributed by atoms with Crippen LogP contribution < -0.4 is 10.1 Å². The van der Waals surface area contributed by atoms with Crippen LogP contribution in [0.4, 0.5) is 4.39 Å². The molecule has 1 aromatic carbocycles. The van der Waals surface area contributed by atoms with E-state index in [1.807, 2.05) is 6.07 Å². The van der Waals surface area contributed by atoms with E-state index in [-0.39, 0.29) is 17.7 Å². The molecule has 0 aromatic heterocycles. The smallest absolute Gasteiger partial charge is 0.165 e. The van der Waals surface area contributed by atoms with E-state index in [4.69, 9.17) is 4.74 Å². The Hall–Kier alpha value is -1.13. The van der Waals surface area contributed by atoms with E-state index < -0.39 is 6.10 Å². The molecule has 0 amide bonds. The summed E-state index contributed by atoms with van der Waals surface area (Å²) in [6.07, 6.45) is 3.89. The zero-order chi connectivity index (χ0) is 14.4. The van der Waals surface area contributed by atoms with Crippen molar-refractivity contribution in [2.45, 2.75) is 57.8 Å². The molecule has 112 valence electrons. The highest BCUT2D eigenvalue weighted by Crippen LogP contribution is 2.26. The predicted molar refractivity (Wildman–Crippen MR) is 77.3 cm³/mol. The lowest BCUT2D eigenvalue weighted by Crippen LogP contribution is -2.34. The Morgan fingerprint density at radius 3 is 2.85 bits per heavy atom. The number of nitrogens with one attached hydrogen (secondary N) is 1. The molecule has 20 heavy (non-hydrogen) atoms. The molecule has 1 fully saturated rings. The van der Waals surface area contributed by atoms with Gasteiger partial charge < -0.3 is 15.2 Å². The Kier molecular flexibility index (Phi) is 5.80. The Morgan fingerprint density at radius 1 is 1.35 bits per heavy atom. The summed E-state index contributed by atoms with van der Waals surface area (Å²) in [6, 6.07) is 5.04. The van der Waals surface area contributed by atoms with E-state index in [1.165, 1.54) is 6.07 Å². The van der Waals surface area contributed by atoms with Crippen LogP contribution in [0.2, 0.25) is 0 Å². The Bertz CT molecular complexity index is 425. The quantitative estimate of drug-likeness (QED) is 0.788. The molecule has 2 unspecified atom stereocenters. The van der Waals surface area contributed by atoms with E-state index in [1.54, 1.807) is 6.07 Å². The zero-order valence-corrected chi connectivity index (χ0v) is 12.1. The van der Waals surface area contributed by atoms with Crippen molar-refractivity contribution in [2.75, 3.05) is 6.54 Å². The second kappa shape index (κ2) is 7.60. The molecule has 1 aromatic rings. The number of aliphatic hydroxyl groups is 1. The first-order valence-corrected chi connectivity index (χ1v) is 7.54. The van der Waals surface area contributed by atoms with Crippen molar-refractivity contribution in [3.05, 3.63) is 29.6 Å². The summed E-state index contributed by atoms with van der Waals surface area (Å²) < 4.78 is 19.6. The third-order valence-electron chi connectivity index (χ3n) is 3.70. The molecule has 1 aliphatic rings. The topological polar surface area (TPSA) is 41.5 Å². The fourth-order valence-electron chi connectivity index (χ4n) is 2.54. The van der Waals surface area contributed by atoms with Gasteiger partial charge in [-0.2, -0.15) is 0 Å². The summed E-state index contributed by atoms with van der Waals surface area (Å²) in [7, 11) is 0. The van der Waals surface area contributed by atoms with Gasteiger partial charge in [0.05, 0.1) is 6.10 Å². The first-order valence-electron chi connectivity index (χ1n) is 7.54. The van der Waals surface area contributed by atoms with Crippen LogP contribution in [0.3, 0.4) is 0 Å². The first-order chi connectivity index (χ1) is 9.70. The molecule has 1 saturated carbocycles. The van der Waals surface area contributed by atoms with Gasteiger partial charge in [0.1, 0.15) is 6.10 Å². The number of ether oxygens (including phenoxy) is 1. The number of benzene rings is 1. The van der Waals surface area contributed by atoms with Crippen molar-refractivity contribution in [1.29, 1.82) is 0 Å². The molecular weight excluding hydrogens is 257 g/mol. The van der Waals surface area contributed by atoms with Crippen LogP contribution in [0.5, 0.6) is 5.75 Å². The third-order valence-corrected chi connectivity index (χ3v) is 3.70. The minimum absolute atomic E-state index is 0.246. The highest BCUT2D eigenvalue weighted by molar-refractivity contribution is 5.29. The van der Waals surface area contributed by atoms with Gasteiger partial charge in [-0.3, -0.25) is 0 Å². The van der Waals surface area contributed by atoms with E-state index in [2.05, 4.69) is 12.2 Å². The van der Waals surface area contributed by atoms with E-state index in [0.717, 1.165) is 44.2 Å². The van der Waals surface area contributed by atoms with Crippen LogP contribution in [0.15, 0.2) is 18.2 Å². The minimum Gasteiger partial charge on any atom is -0.485 e. The molecule has 0 aliphatic heterocycles. The molecule has 2 N–H and O–H groups in total. The minimum atomic E-state index is -0.478. The highest BCUT2D eigenvalue weighted by atomic mass is 19.1. The average molecular weight is 281 g/mol. The second-order valence-electron chi connectivity index (χ2n) is 5.45. The molecule has 1 aliphatic carbocycles. The zero-order valence-electron chi connectivity index (χ0n) is 12.1. The van der Waals surface area contributed by atoms with Crippen LogP contribution in [0.25, 0.3) is 0 Å². The molecule has 4 heteroatoms. The highest BCUT2D eigenvalue weighted by Gasteiger charge is 2.25. The summed E-state index contributed by atoms with van der Waals surface area (Å²) in [6.45, 7) is 3.69. The lowest BCUT2D eigenvalue weighted by atomic mass is 9.95. The lowest BCUT2D eigenvalue weighted by molar-refractivity contribution is 0.00498. The van der Waals surface area contributed by atoms with E-state index in [9.17, 15) is 9.50 Å². The van der Waals surface area contributed by atoms with Crippen LogP contribution in [-0.4, -0.2) is 23.9 Å². The summed E-state index contributed by atoms with van der Waals surface area (Å²) in [5, 5.41) is 13.1. The van der Waals surface area contributed by atoms with Gasteiger partial charge in [-0.25, -0.2) is 4.39 Å². The maximum absolute atomic E-state index is 14.0. The first kappa shape index (κ1) is 15.3. The van der Waals surface area contributed by atoms with Crippen LogP contribution in [0, 0.1) is 5.82 Å². The van der Waals surface area contributed by atoms with Gasteiger partial charge in [-0.15, -0.1) is 0 Å². The Labute approximate surface area is 120 Å². The summed E-state index contributed by atoms with van der Waals surface area (Å²) in [4.78, 5) is 0. The van der Waals surface area contributed by atoms with Crippen molar-refractivity contribution >= 4 is 0 Å². The molecule has 0 saturated heterocycles. The molecule has 2 rings (SSSR count). The van der Waals surface area contributed by atoms with Crippen molar-refractivity contribution in [3.8, 4) is 5.75 Å². The molecular formula is C16H24FNO2. The van der Waals surface area contributed by atoms with Crippen molar-refractivity contribution < 1.29 is 14.2 Å². The van der Waals surface area contributed by atoms with Gasteiger partial charge in [0.15, 0.2) is 11.6 Å². The van der Waals surface area contributed by atoms with Gasteiger partial charge in [-0.05, 0) is 49.9 Å². The number of halogens is 1. The van der Waals surface area contributed by atoms with E-state index in [0.29, 0.717) is 6.54 Å². The van der Waals surface area contributed by atoms with Crippen molar-refractivity contribution in [1.82, 2.24) is 5.32 Å². The number of rotatable bonds is 6. The molecule has 0 heterocycles. The molecule has 0 radical (unpaired) electrons. The molecule has 0 spiro atoms. The van der Waals surface area contributed by atoms with Gasteiger partial charge in [0.2, 0.25) is 0 Å². The number of hydrogen-bond donors (Lipinski definition) is 2. The van der Waals surface area contributed by atoms with Crippen molar-refractivity contribution in [3.63, 3.8) is 0 Å². The van der Waals surface area contributed by atoms with E-state index >= 15 is 0 Å². The van der Waals surface area contributed by atoms with Crippen LogP contribution in [0.1, 0.15) is 44.6 Å². The fraction of sp³-hybridized carbons (Fsp3) is 0.625.